The van der Waals surface area contributed by atoms with Crippen LogP contribution >= 0.6 is 0 Å². The van der Waals surface area contributed by atoms with Crippen LogP contribution < -0.4 is 23.2 Å². The quantitative estimate of drug-likeness (QED) is 0.0753. The summed E-state index contributed by atoms with van der Waals surface area (Å²) in [7, 11) is 8.61. The van der Waals surface area contributed by atoms with Crippen LogP contribution in [0, 0.1) is 62.2 Å². The lowest BCUT2D eigenvalue weighted by molar-refractivity contribution is -0.661. The maximum Gasteiger partial charge on any atom is 0.212 e. The van der Waals surface area contributed by atoms with Crippen LogP contribution in [-0.4, -0.2) is 18.0 Å². The van der Waals surface area contributed by atoms with Gasteiger partial charge in [-0.1, -0.05) is 235 Å². The molecule has 0 saturated carbocycles. The van der Waals surface area contributed by atoms with Crippen LogP contribution in [-0.2, 0) is 66.1 Å². The summed E-state index contributed by atoms with van der Waals surface area (Å²) in [6.07, 6.45) is 20.4. The van der Waals surface area contributed by atoms with Gasteiger partial charge in [0.2, 0.25) is 22.8 Å². The van der Waals surface area contributed by atoms with Crippen LogP contribution in [0.3, 0.4) is 0 Å². The number of anilines is 1. The Kier molecular flexibility index (Phi) is 27.0. The summed E-state index contributed by atoms with van der Waals surface area (Å²) in [6, 6.07) is 45.2. The summed E-state index contributed by atoms with van der Waals surface area (Å²) in [6.45, 7) is 63.7. The maximum atomic E-state index is 7.67. The highest BCUT2D eigenvalue weighted by atomic mass is 15.4. The summed E-state index contributed by atoms with van der Waals surface area (Å²) in [5, 5.41) is 0. The van der Waals surface area contributed by atoms with Gasteiger partial charge in [0.1, 0.15) is 34.4 Å². The summed E-state index contributed by atoms with van der Waals surface area (Å²) in [5.41, 5.74) is 33.0. The summed E-state index contributed by atoms with van der Waals surface area (Å²) >= 11 is 0. The minimum atomic E-state index is -2.09. The molecule has 9 aromatic rings. The van der Waals surface area contributed by atoms with Gasteiger partial charge >= 0.3 is 0 Å². The van der Waals surface area contributed by atoms with E-state index in [4.69, 9.17) is 8.22 Å². The smallest absolute Gasteiger partial charge is 0.212 e. The minimum Gasteiger partial charge on any atom is -0.359 e. The average molecular weight is 1480 g/mol. The van der Waals surface area contributed by atoms with Crippen molar-refractivity contribution in [2.75, 3.05) is 11.9 Å². The van der Waals surface area contributed by atoms with Crippen molar-refractivity contribution in [1.29, 1.82) is 0 Å². The molecule has 1 atom stereocenters. The standard InChI is InChI=1S/2C24H36N.C23H34N.C20H28N.C12H16N2/c2*1-10-23(5,6)20-15-22(19-13-12-17(3)14-18(19)4)25(9)16-21(20)24(7,8)11-2;1-9-22(4,5)19-15-21(18-14-12-11-13-17(18)3)24(8)16-20(19)23(6,7)10-2;1-8-20(5,6)18-13-21(7)19(12-16(18)4)17-10-9-14(2)11-15(17)3;1-10-6-4-5-7-12(10)14-9-8-13(3)11(14)2/h2*12-16H,10-11H2,1-9H3;11-16H,9-10H2,1-8H3;9-13H,8H2,1-7H3;4-9,11H,1-3H3/q4*+1;/i3D3;;;;3D3. The van der Waals surface area contributed by atoms with Crippen molar-refractivity contribution < 1.29 is 26.5 Å². The predicted octanol–water partition coefficient (Wildman–Crippen LogP) is 25.6. The number of hydrogen-bond donors (Lipinski definition) is 0. The SMILES string of the molecule is CCC(C)(C)c1c[n+](C)c(-c2ccc(C)cc2C)cc1C.CCC(C)(C)c1cc(-c2ccc(C)cc2C)[n+](C)cc1C(C)(C)CC.CCC(C)(C)c1cc(-c2ccccc2C)[n+](C)cc1C(C)(C)CC.[2H]C([2H])([2H])N1C=CN(c2ccccc2C)C1C.[2H]C([2H])([2H])c1ccc(-c2cc(C(C)(C)CC)c(C(C)(C)CC)c[n+]2C)c(C)c1. The van der Waals surface area contributed by atoms with Gasteiger partial charge in [0.15, 0.2) is 24.8 Å². The molecular formula is C103H150N6+4. The number of hydrogen-bond acceptors (Lipinski definition) is 2. The second kappa shape index (κ2) is 36.5. The number of rotatable bonds is 19. The van der Waals surface area contributed by atoms with Gasteiger partial charge in [-0.15, -0.1) is 0 Å². The summed E-state index contributed by atoms with van der Waals surface area (Å²) < 4.78 is 54.5. The third-order valence-electron chi connectivity index (χ3n) is 25.4. The van der Waals surface area contributed by atoms with E-state index in [1.165, 1.54) is 111 Å². The van der Waals surface area contributed by atoms with Crippen molar-refractivity contribution in [2.45, 2.75) is 304 Å². The fraction of sp³-hybridized carbons (Fsp3) is 0.495. The molecule has 1 unspecified atom stereocenters. The van der Waals surface area contributed by atoms with E-state index in [0.29, 0.717) is 5.56 Å². The molecule has 4 aromatic heterocycles. The Morgan fingerprint density at radius 3 is 0.927 bits per heavy atom. The van der Waals surface area contributed by atoms with Crippen molar-refractivity contribution in [3.8, 4) is 45.0 Å². The van der Waals surface area contributed by atoms with Crippen molar-refractivity contribution in [1.82, 2.24) is 4.90 Å². The zero-order valence-corrected chi connectivity index (χ0v) is 74.8. The number of aryl methyl sites for hydroxylation is 13. The van der Waals surface area contributed by atoms with Crippen molar-refractivity contribution >= 4 is 5.69 Å². The Hall–Kier alpha value is -7.96. The molecule has 0 N–H and O–H groups in total. The van der Waals surface area contributed by atoms with Gasteiger partial charge in [-0.2, -0.15) is 0 Å². The maximum absolute atomic E-state index is 7.67. The van der Waals surface area contributed by atoms with Crippen LogP contribution in [0.15, 0.2) is 165 Å². The molecule has 0 fully saturated rings. The Morgan fingerprint density at radius 2 is 0.606 bits per heavy atom. The average Bonchev–Trinajstić information content (AvgIpc) is 1.46. The number of para-hydroxylation sites is 1. The molecule has 0 bridgehead atoms. The normalized spacial score (nSPS) is 14.5. The van der Waals surface area contributed by atoms with Crippen LogP contribution in [0.4, 0.5) is 5.69 Å². The van der Waals surface area contributed by atoms with E-state index in [0.717, 1.165) is 73.0 Å². The first-order valence-electron chi connectivity index (χ1n) is 43.9. The molecule has 0 spiro atoms. The van der Waals surface area contributed by atoms with Gasteiger partial charge in [0.05, 0.1) is 0 Å². The Bertz CT molecular complexity index is 4860. The fourth-order valence-electron chi connectivity index (χ4n) is 14.8. The molecule has 588 valence electrons. The highest BCUT2D eigenvalue weighted by Gasteiger charge is 2.37. The molecule has 5 aromatic carbocycles. The van der Waals surface area contributed by atoms with E-state index in [1.54, 1.807) is 18.3 Å². The molecule has 5 heterocycles. The van der Waals surface area contributed by atoms with E-state index in [2.05, 4.69) is 343 Å². The first-order valence-corrected chi connectivity index (χ1v) is 40.9. The molecule has 1 aliphatic rings. The fourth-order valence-corrected chi connectivity index (χ4v) is 14.8. The second-order valence-electron chi connectivity index (χ2n) is 36.3. The van der Waals surface area contributed by atoms with Gasteiger partial charge < -0.3 is 9.80 Å². The van der Waals surface area contributed by atoms with Crippen molar-refractivity contribution in [3.63, 3.8) is 0 Å². The molecule has 1 aliphatic heterocycles. The predicted molar refractivity (Wildman–Crippen MR) is 473 cm³/mol. The molecule has 10 rings (SSSR count). The van der Waals surface area contributed by atoms with Crippen LogP contribution in [0.5, 0.6) is 0 Å². The summed E-state index contributed by atoms with van der Waals surface area (Å²) in [5.74, 6) is 0. The number of benzene rings is 5. The number of pyridine rings is 4. The Balaban J connectivity index is 0.000000225. The van der Waals surface area contributed by atoms with Gasteiger partial charge in [-0.05, 0) is 232 Å². The second-order valence-corrected chi connectivity index (χ2v) is 36.3. The van der Waals surface area contributed by atoms with Crippen molar-refractivity contribution in [2.24, 2.45) is 28.2 Å². The molecule has 0 radical (unpaired) electrons. The van der Waals surface area contributed by atoms with E-state index in [9.17, 15) is 0 Å². The number of nitrogens with zero attached hydrogens (tertiary/aromatic N) is 6. The van der Waals surface area contributed by atoms with Gasteiger partial charge in [-0.3, -0.25) is 0 Å². The van der Waals surface area contributed by atoms with Crippen LogP contribution in [0.25, 0.3) is 45.0 Å². The molecule has 6 nitrogen and oxygen atoms in total. The molecule has 0 saturated heterocycles. The molecule has 0 amide bonds. The number of aromatic nitrogens is 4. The van der Waals surface area contributed by atoms with Crippen molar-refractivity contribution in [3.05, 3.63) is 254 Å². The van der Waals surface area contributed by atoms with E-state index in [-0.39, 0.29) is 44.1 Å². The molecule has 109 heavy (non-hydrogen) atoms. The van der Waals surface area contributed by atoms with Gasteiger partial charge in [0.25, 0.3) is 0 Å². The van der Waals surface area contributed by atoms with E-state index >= 15 is 0 Å². The topological polar surface area (TPSA) is 22.0 Å². The molecule has 0 aliphatic carbocycles. The largest absolute Gasteiger partial charge is 0.359 e. The van der Waals surface area contributed by atoms with Crippen LogP contribution in [0.2, 0.25) is 0 Å². The Morgan fingerprint density at radius 1 is 0.312 bits per heavy atom. The third-order valence-corrected chi connectivity index (χ3v) is 25.4. The minimum absolute atomic E-state index is 0.0668. The monoisotopic (exact) mass is 1480 g/mol. The highest BCUT2D eigenvalue weighted by molar-refractivity contribution is 5.67. The zero-order chi connectivity index (χ0) is 87.0. The van der Waals surface area contributed by atoms with Gasteiger partial charge in [-0.25, -0.2) is 18.3 Å². The van der Waals surface area contributed by atoms with Crippen LogP contribution in [0.1, 0.15) is 295 Å². The first-order chi connectivity index (χ1) is 53.1. The van der Waals surface area contributed by atoms with E-state index < -0.39 is 13.8 Å². The highest BCUT2D eigenvalue weighted by Crippen LogP contribution is 2.43. The Labute approximate surface area is 675 Å². The lowest BCUT2D eigenvalue weighted by Gasteiger charge is -2.32. The molecule has 6 heteroatoms. The zero-order valence-electron chi connectivity index (χ0n) is 80.8. The first kappa shape index (κ1) is 80.6. The lowest BCUT2D eigenvalue weighted by atomic mass is 9.71. The third kappa shape index (κ3) is 21.2. The van der Waals surface area contributed by atoms with Gasteiger partial charge in [0, 0.05) is 102 Å². The van der Waals surface area contributed by atoms with E-state index in [1.807, 2.05) is 62.2 Å². The molecular weight excluding hydrogens is 1320 g/mol. The lowest BCUT2D eigenvalue weighted by Crippen LogP contribution is -2.37. The summed E-state index contributed by atoms with van der Waals surface area (Å²) in [4.78, 5) is 3.36.